The van der Waals surface area contributed by atoms with Gasteiger partial charge in [0.05, 0.1) is 17.6 Å². The molecule has 2 aliphatic heterocycles. The normalized spacial score (nSPS) is 20.0. The molecule has 114 valence electrons. The van der Waals surface area contributed by atoms with Crippen molar-refractivity contribution in [3.63, 3.8) is 0 Å². The van der Waals surface area contributed by atoms with Gasteiger partial charge in [-0.1, -0.05) is 12.1 Å². The molecular weight excluding hydrogens is 298 g/mol. The second kappa shape index (κ2) is 5.41. The van der Waals surface area contributed by atoms with Crippen LogP contribution < -0.4 is 4.74 Å². The summed E-state index contributed by atoms with van der Waals surface area (Å²) in [5, 5.41) is 0. The van der Waals surface area contributed by atoms with E-state index >= 15 is 0 Å². The first kappa shape index (κ1) is 13.8. The topological polar surface area (TPSA) is 38.8 Å². The van der Waals surface area contributed by atoms with Gasteiger partial charge in [0.15, 0.2) is 0 Å². The highest BCUT2D eigenvalue weighted by atomic mass is 32.1. The highest BCUT2D eigenvalue weighted by Crippen LogP contribution is 2.42. The number of hydrogen-bond acceptors (Lipinski definition) is 4. The average molecular weight is 315 g/mol. The van der Waals surface area contributed by atoms with Crippen molar-refractivity contribution in [3.8, 4) is 16.2 Å². The van der Waals surface area contributed by atoms with Crippen LogP contribution in [0.4, 0.5) is 0 Å². The molecule has 4 rings (SSSR count). The smallest absolute Gasteiger partial charge is 0.264 e. The van der Waals surface area contributed by atoms with Crippen molar-refractivity contribution < 1.29 is 14.3 Å². The van der Waals surface area contributed by atoms with Crippen LogP contribution >= 0.6 is 11.3 Å². The fourth-order valence-electron chi connectivity index (χ4n) is 2.96. The van der Waals surface area contributed by atoms with Crippen molar-refractivity contribution >= 4 is 17.2 Å². The van der Waals surface area contributed by atoms with Gasteiger partial charge < -0.3 is 14.4 Å². The summed E-state index contributed by atoms with van der Waals surface area (Å²) in [5.74, 6) is 1.00. The summed E-state index contributed by atoms with van der Waals surface area (Å²) in [7, 11) is 0. The van der Waals surface area contributed by atoms with Gasteiger partial charge in [0.2, 0.25) is 0 Å². The molecule has 0 radical (unpaired) electrons. The van der Waals surface area contributed by atoms with Crippen LogP contribution in [0.1, 0.15) is 22.2 Å². The Labute approximate surface area is 133 Å². The molecule has 1 saturated heterocycles. The Balaban J connectivity index is 1.66. The van der Waals surface area contributed by atoms with Crippen molar-refractivity contribution in [2.24, 2.45) is 0 Å². The number of amides is 1. The fraction of sp³-hybridized carbons (Fsp3) is 0.353. The Hall–Kier alpha value is -1.85. The van der Waals surface area contributed by atoms with Crippen molar-refractivity contribution in [1.82, 2.24) is 4.90 Å². The zero-order chi connectivity index (χ0) is 15.1. The van der Waals surface area contributed by atoms with Crippen molar-refractivity contribution in [3.05, 3.63) is 40.8 Å². The molecule has 1 aromatic heterocycles. The molecule has 0 unspecified atom stereocenters. The summed E-state index contributed by atoms with van der Waals surface area (Å²) in [4.78, 5) is 16.6. The summed E-state index contributed by atoms with van der Waals surface area (Å²) >= 11 is 1.57. The molecule has 5 heteroatoms. The Morgan fingerprint density at radius 3 is 3.09 bits per heavy atom. The molecule has 0 spiro atoms. The number of nitrogens with zero attached hydrogens (tertiary/aromatic N) is 1. The maximum atomic E-state index is 12.7. The molecule has 2 aliphatic rings. The molecule has 1 aromatic carbocycles. The molecule has 4 nitrogen and oxygen atoms in total. The third kappa shape index (κ3) is 2.30. The number of carbonyl (C=O) groups is 1. The quantitative estimate of drug-likeness (QED) is 0.811. The predicted molar refractivity (Wildman–Crippen MR) is 85.4 cm³/mol. The van der Waals surface area contributed by atoms with Gasteiger partial charge in [-0.3, -0.25) is 4.79 Å². The van der Waals surface area contributed by atoms with Crippen LogP contribution in [0.2, 0.25) is 0 Å². The Bertz CT molecular complexity index is 724. The minimum Gasteiger partial charge on any atom is -0.488 e. The van der Waals surface area contributed by atoms with E-state index in [1.54, 1.807) is 11.3 Å². The monoisotopic (exact) mass is 315 g/mol. The number of thiophene rings is 1. The summed E-state index contributed by atoms with van der Waals surface area (Å²) in [6, 6.07) is 9.98. The minimum absolute atomic E-state index is 0.104. The number of para-hydroxylation sites is 1. The molecule has 0 aliphatic carbocycles. The van der Waals surface area contributed by atoms with Gasteiger partial charge in [0, 0.05) is 29.1 Å². The first-order valence-corrected chi connectivity index (χ1v) is 8.30. The van der Waals surface area contributed by atoms with Crippen LogP contribution in [0.25, 0.3) is 10.4 Å². The molecule has 0 saturated carbocycles. The molecule has 0 N–H and O–H groups in total. The number of rotatable bonds is 1. The second-order valence-corrected chi connectivity index (χ2v) is 6.73. The molecule has 1 fully saturated rings. The van der Waals surface area contributed by atoms with Crippen LogP contribution in [0.3, 0.4) is 0 Å². The first-order valence-electron chi connectivity index (χ1n) is 7.48. The lowest BCUT2D eigenvalue weighted by Gasteiger charge is -2.30. The molecule has 3 heterocycles. The molecular formula is C17H17NO3S. The van der Waals surface area contributed by atoms with E-state index < -0.39 is 0 Å². The van der Waals surface area contributed by atoms with Gasteiger partial charge in [-0.05, 0) is 25.1 Å². The number of carbonyl (C=O) groups excluding carboxylic acids is 1. The highest BCUT2D eigenvalue weighted by Gasteiger charge is 2.27. The lowest BCUT2D eigenvalue weighted by Crippen LogP contribution is -2.44. The summed E-state index contributed by atoms with van der Waals surface area (Å²) < 4.78 is 11.3. The maximum absolute atomic E-state index is 12.7. The van der Waals surface area contributed by atoms with Crippen LogP contribution in [0.15, 0.2) is 30.3 Å². The maximum Gasteiger partial charge on any atom is 0.264 e. The van der Waals surface area contributed by atoms with Gasteiger partial charge in [-0.2, -0.15) is 0 Å². The molecule has 2 aromatic rings. The average Bonchev–Trinajstić information content (AvgIpc) is 2.99. The summed E-state index contributed by atoms with van der Waals surface area (Å²) in [6.45, 7) is 4.48. The van der Waals surface area contributed by atoms with Gasteiger partial charge in [0.25, 0.3) is 5.91 Å². The van der Waals surface area contributed by atoms with Gasteiger partial charge in [-0.25, -0.2) is 0 Å². The van der Waals surface area contributed by atoms with E-state index in [1.807, 2.05) is 36.1 Å². The standard InChI is InChI=1S/C17H17NO3S/c1-11-9-18(6-7-20-11)17(19)15-8-12-10-21-14-5-3-2-4-13(14)16(12)22-15/h2-5,8,11H,6-7,9-10H2,1H3/t11-/m0/s1. The zero-order valence-corrected chi connectivity index (χ0v) is 13.2. The second-order valence-electron chi connectivity index (χ2n) is 5.68. The summed E-state index contributed by atoms with van der Waals surface area (Å²) in [5.41, 5.74) is 2.19. The molecule has 0 bridgehead atoms. The number of ether oxygens (including phenoxy) is 2. The van der Waals surface area contributed by atoms with Crippen LogP contribution in [-0.4, -0.2) is 36.6 Å². The molecule has 1 atom stereocenters. The number of morpholine rings is 1. The lowest BCUT2D eigenvalue weighted by molar-refractivity contribution is -0.0122. The van der Waals surface area contributed by atoms with Crippen molar-refractivity contribution in [1.29, 1.82) is 0 Å². The lowest BCUT2D eigenvalue weighted by atomic mass is 10.1. The Morgan fingerprint density at radius 1 is 1.36 bits per heavy atom. The predicted octanol–water partition coefficient (Wildman–Crippen LogP) is 3.17. The van der Waals surface area contributed by atoms with E-state index in [9.17, 15) is 4.79 Å². The van der Waals surface area contributed by atoms with Crippen LogP contribution in [-0.2, 0) is 11.3 Å². The molecule has 1 amide bonds. The van der Waals surface area contributed by atoms with E-state index in [1.165, 1.54) is 0 Å². The third-order valence-electron chi connectivity index (χ3n) is 4.06. The number of benzene rings is 1. The van der Waals surface area contributed by atoms with E-state index in [2.05, 4.69) is 6.07 Å². The van der Waals surface area contributed by atoms with Gasteiger partial charge >= 0.3 is 0 Å². The van der Waals surface area contributed by atoms with E-state index in [0.29, 0.717) is 26.3 Å². The molecule has 22 heavy (non-hydrogen) atoms. The van der Waals surface area contributed by atoms with Crippen molar-refractivity contribution in [2.45, 2.75) is 19.6 Å². The Morgan fingerprint density at radius 2 is 2.23 bits per heavy atom. The minimum atomic E-state index is 0.104. The Kier molecular flexibility index (Phi) is 3.39. The first-order chi connectivity index (χ1) is 10.7. The van der Waals surface area contributed by atoms with Crippen molar-refractivity contribution in [2.75, 3.05) is 19.7 Å². The number of hydrogen-bond donors (Lipinski definition) is 0. The largest absolute Gasteiger partial charge is 0.488 e. The number of fused-ring (bicyclic) bond motifs is 3. The van der Waals surface area contributed by atoms with Crippen LogP contribution in [0.5, 0.6) is 5.75 Å². The zero-order valence-electron chi connectivity index (χ0n) is 12.4. The van der Waals surface area contributed by atoms with Crippen LogP contribution in [0, 0.1) is 0 Å². The third-order valence-corrected chi connectivity index (χ3v) is 5.26. The van der Waals surface area contributed by atoms with E-state index in [-0.39, 0.29) is 12.0 Å². The van der Waals surface area contributed by atoms with E-state index in [0.717, 1.165) is 26.6 Å². The fourth-order valence-corrected chi connectivity index (χ4v) is 4.13. The van der Waals surface area contributed by atoms with Gasteiger partial charge in [0.1, 0.15) is 12.4 Å². The van der Waals surface area contributed by atoms with Gasteiger partial charge in [-0.15, -0.1) is 11.3 Å². The SMILES string of the molecule is C[C@H]1CN(C(=O)c2cc3c(s2)-c2ccccc2OC3)CCO1. The van der Waals surface area contributed by atoms with E-state index in [4.69, 9.17) is 9.47 Å². The summed E-state index contributed by atoms with van der Waals surface area (Å²) in [6.07, 6.45) is 0.108. The highest BCUT2D eigenvalue weighted by molar-refractivity contribution is 7.17.